The van der Waals surface area contributed by atoms with Crippen LogP contribution in [0.4, 0.5) is 0 Å². The van der Waals surface area contributed by atoms with E-state index >= 15 is 0 Å². The zero-order chi connectivity index (χ0) is 16.4. The molecular weight excluding hydrogens is 318 g/mol. The second-order valence-electron chi connectivity index (χ2n) is 6.05. The molecule has 23 heavy (non-hydrogen) atoms. The summed E-state index contributed by atoms with van der Waals surface area (Å²) in [4.78, 5) is 26.7. The first-order valence-electron chi connectivity index (χ1n) is 7.48. The Labute approximate surface area is 137 Å². The van der Waals surface area contributed by atoms with Crippen LogP contribution in [0.5, 0.6) is 0 Å². The lowest BCUT2D eigenvalue weighted by atomic mass is 10.1. The summed E-state index contributed by atoms with van der Waals surface area (Å²) in [5.74, 6) is -0.248. The standard InChI is InChI=1S/C15H19N3O4S/c1-15(2)10-17(7-8-21-15)12(19)5-6-18-14(20)22-13(16-18)11-4-3-9-23-11/h3-4,9H,5-8,10H2,1-2H3. The van der Waals surface area contributed by atoms with Crippen LogP contribution in [0.3, 0.4) is 0 Å². The Morgan fingerprint density at radius 2 is 2.30 bits per heavy atom. The molecule has 2 aromatic heterocycles. The van der Waals surface area contributed by atoms with Crippen LogP contribution in [0.15, 0.2) is 26.7 Å². The van der Waals surface area contributed by atoms with Gasteiger partial charge in [-0.25, -0.2) is 4.79 Å². The highest BCUT2D eigenvalue weighted by Gasteiger charge is 2.29. The van der Waals surface area contributed by atoms with E-state index in [1.165, 1.54) is 16.0 Å². The quantitative estimate of drug-likeness (QED) is 0.847. The Balaban J connectivity index is 1.62. The van der Waals surface area contributed by atoms with Crippen molar-refractivity contribution in [2.24, 2.45) is 0 Å². The average Bonchev–Trinajstić information content (AvgIpc) is 3.13. The SMILES string of the molecule is CC1(C)CN(C(=O)CCn2nc(-c3cccs3)oc2=O)CCO1. The maximum Gasteiger partial charge on any atom is 0.437 e. The number of morpholine rings is 1. The van der Waals surface area contributed by atoms with E-state index in [9.17, 15) is 9.59 Å². The number of rotatable bonds is 4. The first-order chi connectivity index (χ1) is 10.9. The molecule has 0 atom stereocenters. The Morgan fingerprint density at radius 3 is 3.00 bits per heavy atom. The average molecular weight is 337 g/mol. The van der Waals surface area contributed by atoms with Crippen molar-refractivity contribution < 1.29 is 13.9 Å². The third-order valence-electron chi connectivity index (χ3n) is 3.65. The Morgan fingerprint density at radius 1 is 1.48 bits per heavy atom. The molecule has 0 spiro atoms. The Hall–Kier alpha value is -1.93. The van der Waals surface area contributed by atoms with Crippen molar-refractivity contribution in [3.05, 3.63) is 28.1 Å². The molecule has 0 radical (unpaired) electrons. The van der Waals surface area contributed by atoms with E-state index in [1.807, 2.05) is 31.4 Å². The molecule has 1 saturated heterocycles. The summed E-state index contributed by atoms with van der Waals surface area (Å²) in [6.07, 6.45) is 0.215. The zero-order valence-electron chi connectivity index (χ0n) is 13.2. The van der Waals surface area contributed by atoms with Gasteiger partial charge < -0.3 is 14.1 Å². The van der Waals surface area contributed by atoms with E-state index in [2.05, 4.69) is 5.10 Å². The number of thiophene rings is 1. The molecule has 8 heteroatoms. The largest absolute Gasteiger partial charge is 0.437 e. The maximum absolute atomic E-state index is 12.3. The van der Waals surface area contributed by atoms with E-state index in [0.717, 1.165) is 4.88 Å². The summed E-state index contributed by atoms with van der Waals surface area (Å²) in [6, 6.07) is 3.70. The van der Waals surface area contributed by atoms with Gasteiger partial charge in [-0.15, -0.1) is 16.4 Å². The predicted molar refractivity (Wildman–Crippen MR) is 85.3 cm³/mol. The number of carbonyl (C=O) groups is 1. The summed E-state index contributed by atoms with van der Waals surface area (Å²) >= 11 is 1.45. The monoisotopic (exact) mass is 337 g/mol. The normalized spacial score (nSPS) is 17.4. The van der Waals surface area contributed by atoms with Crippen LogP contribution in [-0.4, -0.2) is 45.9 Å². The molecule has 0 unspecified atom stereocenters. The van der Waals surface area contributed by atoms with Gasteiger partial charge in [0.15, 0.2) is 0 Å². The Kier molecular flexibility index (Phi) is 4.36. The van der Waals surface area contributed by atoms with Crippen LogP contribution in [0.25, 0.3) is 10.8 Å². The van der Waals surface area contributed by atoms with Crippen molar-refractivity contribution in [3.8, 4) is 10.8 Å². The number of hydrogen-bond acceptors (Lipinski definition) is 6. The molecule has 3 rings (SSSR count). The van der Waals surface area contributed by atoms with Gasteiger partial charge in [-0.3, -0.25) is 4.79 Å². The van der Waals surface area contributed by atoms with Crippen LogP contribution >= 0.6 is 11.3 Å². The summed E-state index contributed by atoms with van der Waals surface area (Å²) in [6.45, 7) is 5.80. The van der Waals surface area contributed by atoms with Crippen molar-refractivity contribution in [2.75, 3.05) is 19.7 Å². The number of aromatic nitrogens is 2. The maximum atomic E-state index is 12.3. The minimum Gasteiger partial charge on any atom is -0.387 e. The molecule has 0 N–H and O–H groups in total. The fraction of sp³-hybridized carbons (Fsp3) is 0.533. The summed E-state index contributed by atoms with van der Waals surface area (Å²) < 4.78 is 11.9. The first-order valence-corrected chi connectivity index (χ1v) is 8.36. The lowest BCUT2D eigenvalue weighted by Gasteiger charge is -2.38. The number of ether oxygens (including phenoxy) is 1. The highest BCUT2D eigenvalue weighted by molar-refractivity contribution is 7.13. The van der Waals surface area contributed by atoms with Gasteiger partial charge in [0.2, 0.25) is 5.91 Å². The summed E-state index contributed by atoms with van der Waals surface area (Å²) in [7, 11) is 0. The van der Waals surface area contributed by atoms with Gasteiger partial charge in [0.05, 0.1) is 23.6 Å². The van der Waals surface area contributed by atoms with E-state index in [1.54, 1.807) is 4.90 Å². The number of aryl methyl sites for hydroxylation is 1. The van der Waals surface area contributed by atoms with Crippen LogP contribution in [0.2, 0.25) is 0 Å². The fourth-order valence-electron chi connectivity index (χ4n) is 2.54. The molecule has 124 valence electrons. The van der Waals surface area contributed by atoms with E-state index in [0.29, 0.717) is 25.6 Å². The fourth-order valence-corrected chi connectivity index (χ4v) is 3.18. The second-order valence-corrected chi connectivity index (χ2v) is 6.99. The molecule has 1 aliphatic heterocycles. The van der Waals surface area contributed by atoms with Crippen molar-refractivity contribution in [3.63, 3.8) is 0 Å². The summed E-state index contributed by atoms with van der Waals surface area (Å²) in [5.41, 5.74) is -0.328. The summed E-state index contributed by atoms with van der Waals surface area (Å²) in [5, 5.41) is 6.04. The van der Waals surface area contributed by atoms with E-state index in [-0.39, 0.29) is 24.5 Å². The predicted octanol–water partition coefficient (Wildman–Crippen LogP) is 1.59. The molecule has 1 aliphatic rings. The minimum atomic E-state index is -0.538. The Bertz CT molecular complexity index is 732. The van der Waals surface area contributed by atoms with Crippen LogP contribution in [-0.2, 0) is 16.1 Å². The molecule has 0 aliphatic carbocycles. The third kappa shape index (κ3) is 3.70. The van der Waals surface area contributed by atoms with Crippen LogP contribution in [0, 0.1) is 0 Å². The number of amides is 1. The number of nitrogens with zero attached hydrogens (tertiary/aromatic N) is 3. The topological polar surface area (TPSA) is 77.6 Å². The van der Waals surface area contributed by atoms with Crippen molar-refractivity contribution in [1.29, 1.82) is 0 Å². The van der Waals surface area contributed by atoms with Gasteiger partial charge in [0.25, 0.3) is 5.89 Å². The molecular formula is C15H19N3O4S. The zero-order valence-corrected chi connectivity index (χ0v) is 14.0. The molecule has 1 amide bonds. The smallest absolute Gasteiger partial charge is 0.387 e. The van der Waals surface area contributed by atoms with E-state index < -0.39 is 5.76 Å². The number of carbonyl (C=O) groups excluding carboxylic acids is 1. The minimum absolute atomic E-state index is 0.00560. The molecule has 3 heterocycles. The van der Waals surface area contributed by atoms with Crippen LogP contribution < -0.4 is 5.76 Å². The van der Waals surface area contributed by atoms with Crippen molar-refractivity contribution >= 4 is 17.2 Å². The molecule has 7 nitrogen and oxygen atoms in total. The highest BCUT2D eigenvalue weighted by Crippen LogP contribution is 2.21. The van der Waals surface area contributed by atoms with Gasteiger partial charge in [-0.05, 0) is 25.3 Å². The molecule has 0 bridgehead atoms. The molecule has 1 fully saturated rings. The van der Waals surface area contributed by atoms with Gasteiger partial charge in [0, 0.05) is 19.5 Å². The second kappa shape index (κ2) is 6.29. The van der Waals surface area contributed by atoms with Crippen molar-refractivity contribution in [2.45, 2.75) is 32.4 Å². The lowest BCUT2D eigenvalue weighted by Crippen LogP contribution is -2.50. The van der Waals surface area contributed by atoms with Gasteiger partial charge in [0.1, 0.15) is 0 Å². The van der Waals surface area contributed by atoms with E-state index in [4.69, 9.17) is 9.15 Å². The molecule has 0 saturated carbocycles. The lowest BCUT2D eigenvalue weighted by molar-refractivity contribution is -0.146. The van der Waals surface area contributed by atoms with Gasteiger partial charge >= 0.3 is 5.76 Å². The van der Waals surface area contributed by atoms with Crippen LogP contribution in [0.1, 0.15) is 20.3 Å². The number of hydrogen-bond donors (Lipinski definition) is 0. The van der Waals surface area contributed by atoms with Gasteiger partial charge in [-0.2, -0.15) is 4.68 Å². The van der Waals surface area contributed by atoms with Crippen molar-refractivity contribution in [1.82, 2.24) is 14.7 Å². The molecule has 0 aromatic carbocycles. The third-order valence-corrected chi connectivity index (χ3v) is 4.51. The first kappa shape index (κ1) is 15.9. The molecule has 2 aromatic rings. The van der Waals surface area contributed by atoms with Gasteiger partial charge in [-0.1, -0.05) is 6.07 Å². The highest BCUT2D eigenvalue weighted by atomic mass is 32.1.